The van der Waals surface area contributed by atoms with Gasteiger partial charge in [-0.05, 0) is 0 Å². The summed E-state index contributed by atoms with van der Waals surface area (Å²) in [6.45, 7) is 7.07. The zero-order valence-electron chi connectivity index (χ0n) is 16.3. The first-order valence-electron chi connectivity index (χ1n) is 9.48. The molecular formula is C21H28Cl2HfNOSi. The normalized spacial score (nSPS) is 11.9. The van der Waals surface area contributed by atoms with Gasteiger partial charge in [0.1, 0.15) is 0 Å². The SMILES string of the molecule is CCCCCC(=O)[NH][Hf+2]([CH]1c2ccccc2-c2ccccc21)[SiH](C)C.[Cl-].[Cl-]. The van der Waals surface area contributed by atoms with Crippen LogP contribution in [0.4, 0.5) is 0 Å². The predicted octanol–water partition coefficient (Wildman–Crippen LogP) is -1.02. The van der Waals surface area contributed by atoms with Crippen molar-refractivity contribution in [2.45, 2.75) is 49.4 Å². The van der Waals surface area contributed by atoms with Crippen LogP contribution in [0.1, 0.15) is 47.4 Å². The maximum atomic E-state index is 12.6. The number of carbonyl (C=O) groups excluding carboxylic acids is 1. The molecule has 2 nitrogen and oxygen atoms in total. The second-order valence-corrected chi connectivity index (χ2v) is 33.3. The molecule has 0 aromatic heterocycles. The molecule has 6 heteroatoms. The van der Waals surface area contributed by atoms with E-state index in [4.69, 9.17) is 0 Å². The molecule has 2 aromatic carbocycles. The van der Waals surface area contributed by atoms with Gasteiger partial charge in [0.05, 0.1) is 0 Å². The van der Waals surface area contributed by atoms with Crippen LogP contribution in [0.5, 0.6) is 0 Å². The third-order valence-electron chi connectivity index (χ3n) is 5.06. The summed E-state index contributed by atoms with van der Waals surface area (Å²) in [4.78, 5) is 12.6. The van der Waals surface area contributed by atoms with Gasteiger partial charge in [-0.1, -0.05) is 0 Å². The quantitative estimate of drug-likeness (QED) is 0.326. The summed E-state index contributed by atoms with van der Waals surface area (Å²) in [7, 11) is 0. The molecule has 0 spiro atoms. The molecule has 0 fully saturated rings. The molecule has 1 aliphatic rings. The average molecular weight is 588 g/mol. The standard InChI is InChI=1S/C13H9.C6H13NO.C2H7Si.2ClH.Hf/c1-3-7-12-10(5-1)9-11-6-2-4-8-13(11)12;1-2-3-4-5-6(7)8;1-3-2;;;/h1-9H;2-5H2,1H3,(H2,7,8);3H,1-2H3;2*1H;/q;;;;;+3/p-3. The van der Waals surface area contributed by atoms with Crippen molar-refractivity contribution in [3.8, 4) is 11.1 Å². The van der Waals surface area contributed by atoms with Crippen LogP contribution in [0, 0.1) is 0 Å². The third-order valence-corrected chi connectivity index (χ3v) is 30.1. The molecule has 0 saturated heterocycles. The molecule has 0 heterocycles. The molecule has 0 aliphatic heterocycles. The number of benzene rings is 2. The van der Waals surface area contributed by atoms with Gasteiger partial charge in [-0.3, -0.25) is 0 Å². The molecule has 0 unspecified atom stereocenters. The van der Waals surface area contributed by atoms with Crippen LogP contribution in [-0.2, 0) is 25.7 Å². The van der Waals surface area contributed by atoms with E-state index in [2.05, 4.69) is 71.9 Å². The van der Waals surface area contributed by atoms with Crippen molar-refractivity contribution in [1.29, 1.82) is 0 Å². The first-order valence-corrected chi connectivity index (χ1v) is 22.5. The fourth-order valence-corrected chi connectivity index (χ4v) is 25.6. The molecule has 1 amide bonds. The fourth-order valence-electron chi connectivity index (χ4n) is 3.80. The number of hydrogen-bond donors (Lipinski definition) is 1. The number of halogens is 2. The summed E-state index contributed by atoms with van der Waals surface area (Å²) in [6, 6.07) is 17.7. The van der Waals surface area contributed by atoms with Crippen molar-refractivity contribution in [3.63, 3.8) is 0 Å². The minimum atomic E-state index is -2.29. The second kappa shape index (κ2) is 11.5. The molecule has 145 valence electrons. The second-order valence-electron chi connectivity index (χ2n) is 7.22. The Morgan fingerprint density at radius 1 is 0.963 bits per heavy atom. The minimum absolute atomic E-state index is 0. The van der Waals surface area contributed by atoms with Crippen molar-refractivity contribution in [3.05, 3.63) is 59.7 Å². The van der Waals surface area contributed by atoms with Gasteiger partial charge >= 0.3 is 161 Å². The molecule has 0 saturated carbocycles. The first-order chi connectivity index (χ1) is 12.1. The van der Waals surface area contributed by atoms with E-state index >= 15 is 0 Å². The van der Waals surface area contributed by atoms with E-state index < -0.39 is 26.9 Å². The average Bonchev–Trinajstić information content (AvgIpc) is 2.94. The molecule has 0 bridgehead atoms. The van der Waals surface area contributed by atoms with Crippen LogP contribution in [0.25, 0.3) is 11.1 Å². The largest absolute Gasteiger partial charge is 1.00 e. The Kier molecular flexibility index (Phi) is 10.5. The first kappa shape index (κ1) is 24.6. The zero-order valence-corrected chi connectivity index (χ0v) is 22.5. The number of unbranched alkanes of at least 4 members (excludes halogenated alkanes) is 2. The number of hydrogen-bond acceptors (Lipinski definition) is 1. The smallest absolute Gasteiger partial charge is 1.00 e. The number of nitrogens with one attached hydrogen (secondary N) is 1. The Bertz CT molecular complexity index is 711. The van der Waals surface area contributed by atoms with Crippen LogP contribution in [0.15, 0.2) is 48.5 Å². The molecule has 1 aliphatic carbocycles. The van der Waals surface area contributed by atoms with Crippen LogP contribution in [-0.4, -0.2) is 11.9 Å². The molecule has 1 N–H and O–H groups in total. The van der Waals surface area contributed by atoms with Gasteiger partial charge in [0.2, 0.25) is 0 Å². The van der Waals surface area contributed by atoms with Gasteiger partial charge in [0, 0.05) is 0 Å². The molecule has 27 heavy (non-hydrogen) atoms. The van der Waals surface area contributed by atoms with E-state index in [1.54, 1.807) is 0 Å². The van der Waals surface area contributed by atoms with Gasteiger partial charge in [0.25, 0.3) is 0 Å². The van der Waals surface area contributed by atoms with E-state index in [-0.39, 0.29) is 24.8 Å². The van der Waals surface area contributed by atoms with Crippen LogP contribution >= 0.6 is 0 Å². The van der Waals surface area contributed by atoms with Crippen molar-refractivity contribution in [2.75, 3.05) is 0 Å². The van der Waals surface area contributed by atoms with Crippen LogP contribution < -0.4 is 28.1 Å². The van der Waals surface area contributed by atoms with E-state index in [0.717, 1.165) is 12.8 Å². The Morgan fingerprint density at radius 2 is 1.48 bits per heavy atom. The van der Waals surface area contributed by atoms with Crippen molar-refractivity contribution >= 4 is 11.9 Å². The molecule has 0 atom stereocenters. The maximum absolute atomic E-state index is 12.6. The van der Waals surface area contributed by atoms with E-state index in [1.165, 1.54) is 28.7 Å². The molecule has 2 aromatic rings. The van der Waals surface area contributed by atoms with Crippen molar-refractivity contribution in [1.82, 2.24) is 3.30 Å². The summed E-state index contributed by atoms with van der Waals surface area (Å²) >= 11 is -2.29. The van der Waals surface area contributed by atoms with E-state index in [0.29, 0.717) is 16.0 Å². The van der Waals surface area contributed by atoms with Crippen LogP contribution in [0.3, 0.4) is 0 Å². The van der Waals surface area contributed by atoms with E-state index in [9.17, 15) is 4.79 Å². The van der Waals surface area contributed by atoms with Gasteiger partial charge in [-0.2, -0.15) is 0 Å². The summed E-state index contributed by atoms with van der Waals surface area (Å²) in [5.74, 6) is -0.554. The Balaban J connectivity index is 0.00000182. The van der Waals surface area contributed by atoms with Gasteiger partial charge in [-0.25, -0.2) is 0 Å². The molecular weight excluding hydrogens is 560 g/mol. The maximum Gasteiger partial charge on any atom is -1.00 e. The van der Waals surface area contributed by atoms with E-state index in [1.807, 2.05) is 0 Å². The molecule has 3 rings (SSSR count). The summed E-state index contributed by atoms with van der Waals surface area (Å²) in [5, 5.41) is 0. The van der Waals surface area contributed by atoms with Gasteiger partial charge in [0.15, 0.2) is 0 Å². The molecule has 0 radical (unpaired) electrons. The third kappa shape index (κ3) is 5.56. The predicted molar refractivity (Wildman–Crippen MR) is 105 cm³/mol. The van der Waals surface area contributed by atoms with Crippen molar-refractivity contribution in [2.24, 2.45) is 0 Å². The fraction of sp³-hybridized carbons (Fsp3) is 0.381. The van der Waals surface area contributed by atoms with Gasteiger partial charge in [-0.15, -0.1) is 0 Å². The summed E-state index contributed by atoms with van der Waals surface area (Å²) in [6.07, 6.45) is 4.06. The Morgan fingerprint density at radius 3 is 1.96 bits per heavy atom. The van der Waals surface area contributed by atoms with Crippen LogP contribution in [0.2, 0.25) is 13.1 Å². The number of amides is 1. The minimum Gasteiger partial charge on any atom is -1.00 e. The Hall–Kier alpha value is -0.423. The van der Waals surface area contributed by atoms with Crippen molar-refractivity contribution < 1.29 is 50.5 Å². The number of carbonyl (C=O) groups is 1. The monoisotopic (exact) mass is 588 g/mol. The summed E-state index contributed by atoms with van der Waals surface area (Å²) in [5.41, 5.74) is 5.72. The summed E-state index contributed by atoms with van der Waals surface area (Å²) < 4.78 is 4.15. The topological polar surface area (TPSA) is 29.1 Å². The zero-order chi connectivity index (χ0) is 17.8. The number of fused-ring (bicyclic) bond motifs is 3. The Labute approximate surface area is 184 Å². The number of rotatable bonds is 7. The van der Waals surface area contributed by atoms with Gasteiger partial charge < -0.3 is 24.8 Å².